The molecular weight excluding hydrogens is 192 g/mol. The summed E-state index contributed by atoms with van der Waals surface area (Å²) in [4.78, 5) is 4.57. The highest BCUT2D eigenvalue weighted by Gasteiger charge is 2.17. The lowest BCUT2D eigenvalue weighted by molar-refractivity contribution is 0.414. The largest absolute Gasteiger partial charge is 0.362 e. The van der Waals surface area contributed by atoms with Gasteiger partial charge in [0.1, 0.15) is 0 Å². The summed E-state index contributed by atoms with van der Waals surface area (Å²) < 4.78 is 0. The molecule has 80 valence electrons. The predicted molar refractivity (Wildman–Crippen MR) is 63.9 cm³/mol. The third kappa shape index (κ3) is 2.91. The van der Waals surface area contributed by atoms with E-state index >= 15 is 0 Å². The Labute approximate surface area is 90.9 Å². The van der Waals surface area contributed by atoms with Crippen LogP contribution in [0.1, 0.15) is 39.0 Å². The van der Waals surface area contributed by atoms with Crippen LogP contribution in [-0.2, 0) is 0 Å². The summed E-state index contributed by atoms with van der Waals surface area (Å²) in [6.45, 7) is 3.29. The van der Waals surface area contributed by atoms with Gasteiger partial charge in [0, 0.05) is 18.3 Å². The maximum atomic E-state index is 4.57. The maximum absolute atomic E-state index is 4.57. The summed E-state index contributed by atoms with van der Waals surface area (Å²) in [7, 11) is 0. The first-order valence-electron chi connectivity index (χ1n) is 5.78. The molecule has 1 aliphatic carbocycles. The predicted octanol–water partition coefficient (Wildman–Crippen LogP) is 2.65. The van der Waals surface area contributed by atoms with E-state index in [4.69, 9.17) is 0 Å². The molecule has 1 saturated carbocycles. The van der Waals surface area contributed by atoms with Gasteiger partial charge in [0.05, 0.1) is 0 Å². The van der Waals surface area contributed by atoms with Crippen molar-refractivity contribution < 1.29 is 0 Å². The Morgan fingerprint density at radius 1 is 1.29 bits per heavy atom. The topological polar surface area (TPSA) is 24.4 Å². The third-order valence-electron chi connectivity index (χ3n) is 2.98. The maximum Gasteiger partial charge on any atom is 0.156 e. The van der Waals surface area contributed by atoms with Crippen LogP contribution in [0.2, 0.25) is 0 Å². The molecule has 0 aromatic carbocycles. The van der Waals surface area contributed by atoms with Gasteiger partial charge >= 0.3 is 0 Å². The Bertz CT molecular complexity index is 209. The zero-order chi connectivity index (χ0) is 9.80. The zero-order valence-electron chi connectivity index (χ0n) is 8.96. The Balaban J connectivity index is 1.78. The number of rotatable bonds is 1. The van der Waals surface area contributed by atoms with E-state index in [0.29, 0.717) is 6.04 Å². The van der Waals surface area contributed by atoms with Gasteiger partial charge in [0.2, 0.25) is 0 Å². The van der Waals surface area contributed by atoms with E-state index in [0.717, 1.165) is 12.5 Å². The van der Waals surface area contributed by atoms with Gasteiger partial charge in [-0.15, -0.1) is 0 Å². The minimum atomic E-state index is 0.711. The van der Waals surface area contributed by atoms with Gasteiger partial charge in [-0.3, -0.25) is 4.99 Å². The minimum Gasteiger partial charge on any atom is -0.362 e. The normalized spacial score (nSPS) is 29.8. The first-order chi connectivity index (χ1) is 6.84. The number of hydrogen-bond acceptors (Lipinski definition) is 3. The van der Waals surface area contributed by atoms with E-state index in [2.05, 4.69) is 17.2 Å². The molecule has 0 aromatic rings. The summed E-state index contributed by atoms with van der Waals surface area (Å²) in [6.07, 6.45) is 6.90. The lowest BCUT2D eigenvalue weighted by Gasteiger charge is -2.26. The SMILES string of the molecule is CC1CN=C(NC2CCCCC2)SC1. The fourth-order valence-corrected chi connectivity index (χ4v) is 3.03. The van der Waals surface area contributed by atoms with E-state index in [1.165, 1.54) is 43.0 Å². The van der Waals surface area contributed by atoms with Gasteiger partial charge in [0.15, 0.2) is 5.17 Å². The quantitative estimate of drug-likeness (QED) is 0.722. The van der Waals surface area contributed by atoms with Crippen LogP contribution < -0.4 is 5.32 Å². The van der Waals surface area contributed by atoms with E-state index in [1.807, 2.05) is 11.8 Å². The molecule has 2 rings (SSSR count). The fourth-order valence-electron chi connectivity index (χ4n) is 2.07. The second-order valence-electron chi connectivity index (χ2n) is 4.54. The second-order valence-corrected chi connectivity index (χ2v) is 5.55. The average Bonchev–Trinajstić information content (AvgIpc) is 2.23. The van der Waals surface area contributed by atoms with Crippen LogP contribution in [-0.4, -0.2) is 23.5 Å². The highest BCUT2D eigenvalue weighted by Crippen LogP contribution is 2.21. The number of hydrogen-bond donors (Lipinski definition) is 1. The number of nitrogens with one attached hydrogen (secondary N) is 1. The summed E-state index contributed by atoms with van der Waals surface area (Å²) in [6, 6.07) is 0.711. The molecule has 0 radical (unpaired) electrons. The van der Waals surface area contributed by atoms with Crippen LogP contribution in [0.4, 0.5) is 0 Å². The summed E-state index contributed by atoms with van der Waals surface area (Å²) in [5.74, 6) is 2.00. The van der Waals surface area contributed by atoms with Crippen molar-refractivity contribution in [1.29, 1.82) is 0 Å². The number of thioether (sulfide) groups is 1. The van der Waals surface area contributed by atoms with E-state index < -0.39 is 0 Å². The number of amidine groups is 1. The smallest absolute Gasteiger partial charge is 0.156 e. The fraction of sp³-hybridized carbons (Fsp3) is 0.909. The summed E-state index contributed by atoms with van der Waals surface area (Å²) in [5, 5.41) is 4.80. The lowest BCUT2D eigenvalue weighted by atomic mass is 9.96. The Hall–Kier alpha value is -0.180. The number of aliphatic imine (C=N–C) groups is 1. The molecule has 1 unspecified atom stereocenters. The molecular formula is C11H20N2S. The van der Waals surface area contributed by atoms with Crippen molar-refractivity contribution in [2.24, 2.45) is 10.9 Å². The Kier molecular flexibility index (Phi) is 3.74. The highest BCUT2D eigenvalue weighted by atomic mass is 32.2. The van der Waals surface area contributed by atoms with Gasteiger partial charge < -0.3 is 5.32 Å². The van der Waals surface area contributed by atoms with Gasteiger partial charge in [-0.05, 0) is 18.8 Å². The van der Waals surface area contributed by atoms with Crippen molar-refractivity contribution in [3.8, 4) is 0 Å². The van der Waals surface area contributed by atoms with Crippen molar-refractivity contribution in [3.05, 3.63) is 0 Å². The van der Waals surface area contributed by atoms with Crippen molar-refractivity contribution in [3.63, 3.8) is 0 Å². The molecule has 1 fully saturated rings. The van der Waals surface area contributed by atoms with Gasteiger partial charge in [-0.2, -0.15) is 0 Å². The molecule has 0 amide bonds. The van der Waals surface area contributed by atoms with Crippen molar-refractivity contribution in [2.75, 3.05) is 12.3 Å². The molecule has 2 nitrogen and oxygen atoms in total. The molecule has 1 N–H and O–H groups in total. The summed E-state index contributed by atoms with van der Waals surface area (Å²) >= 11 is 1.90. The van der Waals surface area contributed by atoms with Gasteiger partial charge in [-0.1, -0.05) is 37.9 Å². The van der Waals surface area contributed by atoms with Gasteiger partial charge in [-0.25, -0.2) is 0 Å². The van der Waals surface area contributed by atoms with E-state index in [9.17, 15) is 0 Å². The molecule has 0 spiro atoms. The van der Waals surface area contributed by atoms with Crippen LogP contribution in [0.5, 0.6) is 0 Å². The molecule has 1 heterocycles. The Morgan fingerprint density at radius 2 is 2.07 bits per heavy atom. The zero-order valence-corrected chi connectivity index (χ0v) is 9.78. The molecule has 14 heavy (non-hydrogen) atoms. The first-order valence-corrected chi connectivity index (χ1v) is 6.77. The average molecular weight is 212 g/mol. The van der Waals surface area contributed by atoms with E-state index in [-0.39, 0.29) is 0 Å². The van der Waals surface area contributed by atoms with Crippen LogP contribution in [0.25, 0.3) is 0 Å². The van der Waals surface area contributed by atoms with Crippen molar-refractivity contribution >= 4 is 16.9 Å². The lowest BCUT2D eigenvalue weighted by Crippen LogP contribution is -2.36. The van der Waals surface area contributed by atoms with Crippen LogP contribution in [0, 0.1) is 5.92 Å². The highest BCUT2D eigenvalue weighted by molar-refractivity contribution is 8.13. The molecule has 1 aliphatic heterocycles. The first kappa shape index (κ1) is 10.3. The second kappa shape index (κ2) is 5.06. The molecule has 0 bridgehead atoms. The molecule has 3 heteroatoms. The molecule has 2 aliphatic rings. The molecule has 1 atom stereocenters. The van der Waals surface area contributed by atoms with Crippen LogP contribution >= 0.6 is 11.8 Å². The third-order valence-corrected chi connectivity index (χ3v) is 4.24. The Morgan fingerprint density at radius 3 is 2.71 bits per heavy atom. The van der Waals surface area contributed by atoms with Crippen LogP contribution in [0.3, 0.4) is 0 Å². The minimum absolute atomic E-state index is 0.711. The van der Waals surface area contributed by atoms with Crippen molar-refractivity contribution in [1.82, 2.24) is 5.32 Å². The monoisotopic (exact) mass is 212 g/mol. The summed E-state index contributed by atoms with van der Waals surface area (Å²) in [5.41, 5.74) is 0. The van der Waals surface area contributed by atoms with Gasteiger partial charge in [0.25, 0.3) is 0 Å². The number of nitrogens with zero attached hydrogens (tertiary/aromatic N) is 1. The van der Waals surface area contributed by atoms with Crippen molar-refractivity contribution in [2.45, 2.75) is 45.1 Å². The standard InChI is InChI=1S/C11H20N2S/c1-9-7-12-11(14-8-9)13-10-5-3-2-4-6-10/h9-10H,2-8H2,1H3,(H,12,13). The van der Waals surface area contributed by atoms with Crippen LogP contribution in [0.15, 0.2) is 4.99 Å². The molecule has 0 saturated heterocycles. The molecule has 0 aromatic heterocycles. The van der Waals surface area contributed by atoms with E-state index in [1.54, 1.807) is 0 Å².